The lowest BCUT2D eigenvalue weighted by Crippen LogP contribution is -2.34. The third-order valence-corrected chi connectivity index (χ3v) is 4.56. The SMILES string of the molecule is O=C(Cc1ccc(Cl)cc1)Nc1ccc2c3c(cccc13)C(=O)NC2=O. The monoisotopic (exact) mass is 364 g/mol. The number of hydrogen-bond donors (Lipinski definition) is 2. The molecular formula is C20H13ClN2O3. The molecule has 128 valence electrons. The van der Waals surface area contributed by atoms with E-state index < -0.39 is 11.8 Å². The lowest BCUT2D eigenvalue weighted by atomic mass is 9.94. The molecule has 0 aromatic heterocycles. The predicted molar refractivity (Wildman–Crippen MR) is 99.5 cm³/mol. The summed E-state index contributed by atoms with van der Waals surface area (Å²) >= 11 is 5.86. The first kappa shape index (κ1) is 16.3. The molecule has 0 bridgehead atoms. The molecule has 1 aliphatic rings. The van der Waals surface area contributed by atoms with Crippen LogP contribution in [0, 0.1) is 0 Å². The Labute approximate surface area is 154 Å². The zero-order chi connectivity index (χ0) is 18.3. The standard InChI is InChI=1S/C20H13ClN2O3/c21-12-6-4-11(5-7-12)10-17(24)22-16-9-8-15-18-13(16)2-1-3-14(18)19(25)23-20(15)26/h1-9H,10H2,(H,22,24)(H,23,25,26). The fraction of sp³-hybridized carbons (Fsp3) is 0.0500. The molecule has 0 spiro atoms. The molecule has 0 aliphatic carbocycles. The fourth-order valence-electron chi connectivity index (χ4n) is 3.11. The van der Waals surface area contributed by atoms with E-state index in [1.165, 1.54) is 0 Å². The highest BCUT2D eigenvalue weighted by Gasteiger charge is 2.25. The van der Waals surface area contributed by atoms with Crippen LogP contribution in [0.4, 0.5) is 5.69 Å². The van der Waals surface area contributed by atoms with Crippen molar-refractivity contribution >= 4 is 45.8 Å². The van der Waals surface area contributed by atoms with Crippen molar-refractivity contribution in [1.29, 1.82) is 0 Å². The number of halogens is 1. The van der Waals surface area contributed by atoms with Gasteiger partial charge >= 0.3 is 0 Å². The van der Waals surface area contributed by atoms with Crippen LogP contribution in [0.1, 0.15) is 26.3 Å². The molecule has 6 heteroatoms. The molecule has 5 nitrogen and oxygen atoms in total. The second-order valence-corrected chi connectivity index (χ2v) is 6.46. The van der Waals surface area contributed by atoms with Crippen molar-refractivity contribution in [2.75, 3.05) is 5.32 Å². The van der Waals surface area contributed by atoms with E-state index in [0.29, 0.717) is 32.6 Å². The summed E-state index contributed by atoms with van der Waals surface area (Å²) in [6.45, 7) is 0. The third-order valence-electron chi connectivity index (χ3n) is 4.31. The Bertz CT molecular complexity index is 1050. The van der Waals surface area contributed by atoms with Gasteiger partial charge in [-0.3, -0.25) is 19.7 Å². The maximum absolute atomic E-state index is 12.4. The Morgan fingerprint density at radius 2 is 1.62 bits per heavy atom. The Morgan fingerprint density at radius 3 is 2.35 bits per heavy atom. The average molecular weight is 365 g/mol. The van der Waals surface area contributed by atoms with Crippen molar-refractivity contribution < 1.29 is 14.4 Å². The minimum Gasteiger partial charge on any atom is -0.325 e. The maximum atomic E-state index is 12.4. The molecule has 0 saturated heterocycles. The summed E-state index contributed by atoms with van der Waals surface area (Å²) in [7, 11) is 0. The minimum absolute atomic E-state index is 0.194. The second-order valence-electron chi connectivity index (χ2n) is 6.02. The molecule has 0 unspecified atom stereocenters. The van der Waals surface area contributed by atoms with E-state index in [-0.39, 0.29) is 12.3 Å². The third kappa shape index (κ3) is 2.82. The van der Waals surface area contributed by atoms with Crippen molar-refractivity contribution in [2.45, 2.75) is 6.42 Å². The highest BCUT2D eigenvalue weighted by molar-refractivity contribution is 6.30. The van der Waals surface area contributed by atoms with Gasteiger partial charge in [0, 0.05) is 32.6 Å². The van der Waals surface area contributed by atoms with Crippen LogP contribution in [-0.4, -0.2) is 17.7 Å². The average Bonchev–Trinajstić information content (AvgIpc) is 2.62. The highest BCUT2D eigenvalue weighted by Crippen LogP contribution is 2.32. The Balaban J connectivity index is 1.69. The summed E-state index contributed by atoms with van der Waals surface area (Å²) in [4.78, 5) is 36.5. The molecule has 4 rings (SSSR count). The van der Waals surface area contributed by atoms with Crippen LogP contribution in [-0.2, 0) is 11.2 Å². The van der Waals surface area contributed by atoms with Crippen molar-refractivity contribution in [3.63, 3.8) is 0 Å². The van der Waals surface area contributed by atoms with E-state index in [1.807, 2.05) is 0 Å². The van der Waals surface area contributed by atoms with Gasteiger partial charge < -0.3 is 5.32 Å². The molecule has 2 N–H and O–H groups in total. The smallest absolute Gasteiger partial charge is 0.258 e. The summed E-state index contributed by atoms with van der Waals surface area (Å²) < 4.78 is 0. The first-order valence-corrected chi connectivity index (χ1v) is 8.36. The van der Waals surface area contributed by atoms with Crippen LogP contribution in [0.5, 0.6) is 0 Å². The molecule has 0 radical (unpaired) electrons. The molecular weight excluding hydrogens is 352 g/mol. The Hall–Kier alpha value is -3.18. The summed E-state index contributed by atoms with van der Waals surface area (Å²) in [5.41, 5.74) is 2.24. The van der Waals surface area contributed by atoms with Crippen LogP contribution >= 0.6 is 11.6 Å². The molecule has 1 aliphatic heterocycles. The normalized spacial score (nSPS) is 12.8. The Morgan fingerprint density at radius 1 is 0.923 bits per heavy atom. The van der Waals surface area contributed by atoms with Crippen molar-refractivity contribution in [3.05, 3.63) is 76.3 Å². The number of benzene rings is 3. The Kier molecular flexibility index (Phi) is 3.93. The number of anilines is 1. The zero-order valence-electron chi connectivity index (χ0n) is 13.5. The first-order chi connectivity index (χ1) is 12.5. The number of rotatable bonds is 3. The maximum Gasteiger partial charge on any atom is 0.258 e. The molecule has 3 aromatic carbocycles. The van der Waals surface area contributed by atoms with Crippen LogP contribution in [0.15, 0.2) is 54.6 Å². The molecule has 0 saturated carbocycles. The molecule has 26 heavy (non-hydrogen) atoms. The van der Waals surface area contributed by atoms with Gasteiger partial charge in [-0.2, -0.15) is 0 Å². The van der Waals surface area contributed by atoms with E-state index >= 15 is 0 Å². The van der Waals surface area contributed by atoms with Crippen molar-refractivity contribution in [1.82, 2.24) is 5.32 Å². The lowest BCUT2D eigenvalue weighted by Gasteiger charge is -2.18. The predicted octanol–water partition coefficient (Wildman–Crippen LogP) is 3.56. The number of imide groups is 1. The molecule has 0 atom stereocenters. The van der Waals surface area contributed by atoms with E-state index in [4.69, 9.17) is 11.6 Å². The number of carbonyl (C=O) groups is 3. The number of hydrogen-bond acceptors (Lipinski definition) is 3. The largest absolute Gasteiger partial charge is 0.325 e. The van der Waals surface area contributed by atoms with Gasteiger partial charge in [0.25, 0.3) is 11.8 Å². The van der Waals surface area contributed by atoms with E-state index in [9.17, 15) is 14.4 Å². The zero-order valence-corrected chi connectivity index (χ0v) is 14.3. The van der Waals surface area contributed by atoms with Gasteiger partial charge in [0.2, 0.25) is 5.91 Å². The van der Waals surface area contributed by atoms with Gasteiger partial charge in [0.1, 0.15) is 0 Å². The molecule has 3 amide bonds. The second kappa shape index (κ2) is 6.28. The van der Waals surface area contributed by atoms with Crippen LogP contribution in [0.2, 0.25) is 5.02 Å². The number of carbonyl (C=O) groups excluding carboxylic acids is 3. The highest BCUT2D eigenvalue weighted by atomic mass is 35.5. The van der Waals surface area contributed by atoms with Crippen molar-refractivity contribution in [3.8, 4) is 0 Å². The van der Waals surface area contributed by atoms with Gasteiger partial charge in [-0.25, -0.2) is 0 Å². The van der Waals surface area contributed by atoms with Gasteiger partial charge in [0.05, 0.1) is 6.42 Å². The van der Waals surface area contributed by atoms with Crippen molar-refractivity contribution in [2.24, 2.45) is 0 Å². The number of nitrogens with one attached hydrogen (secondary N) is 2. The topological polar surface area (TPSA) is 75.3 Å². The molecule has 1 heterocycles. The first-order valence-electron chi connectivity index (χ1n) is 7.98. The minimum atomic E-state index is -0.433. The number of amides is 3. The summed E-state index contributed by atoms with van der Waals surface area (Å²) in [6, 6.07) is 15.5. The summed E-state index contributed by atoms with van der Waals surface area (Å²) in [5, 5.41) is 7.01. The van der Waals surface area contributed by atoms with Crippen LogP contribution in [0.3, 0.4) is 0 Å². The van der Waals surface area contributed by atoms with E-state index in [0.717, 1.165) is 5.56 Å². The van der Waals surface area contributed by atoms with Gasteiger partial charge in [-0.1, -0.05) is 35.9 Å². The van der Waals surface area contributed by atoms with Crippen LogP contribution in [0.25, 0.3) is 10.8 Å². The molecule has 0 fully saturated rings. The van der Waals surface area contributed by atoms with Gasteiger partial charge in [0.15, 0.2) is 0 Å². The molecule has 3 aromatic rings. The summed E-state index contributed by atoms with van der Waals surface area (Å²) in [6.07, 6.45) is 0.194. The van der Waals surface area contributed by atoms with Crippen LogP contribution < -0.4 is 10.6 Å². The lowest BCUT2D eigenvalue weighted by molar-refractivity contribution is -0.115. The quantitative estimate of drug-likeness (QED) is 0.698. The van der Waals surface area contributed by atoms with Gasteiger partial charge in [-0.05, 0) is 35.9 Å². The summed E-state index contributed by atoms with van der Waals surface area (Å²) in [5.74, 6) is -1.06. The fourth-order valence-corrected chi connectivity index (χ4v) is 3.24. The van der Waals surface area contributed by atoms with Gasteiger partial charge in [-0.15, -0.1) is 0 Å². The van der Waals surface area contributed by atoms with E-state index in [2.05, 4.69) is 10.6 Å². The van der Waals surface area contributed by atoms with E-state index in [1.54, 1.807) is 54.6 Å².